The Morgan fingerprint density at radius 2 is 2.04 bits per heavy atom. The van der Waals surface area contributed by atoms with Crippen molar-refractivity contribution in [2.45, 2.75) is 45.6 Å². The first kappa shape index (κ1) is 18.9. The molecule has 1 aromatic heterocycles. The van der Waals surface area contributed by atoms with Crippen molar-refractivity contribution < 1.29 is 19.5 Å². The monoisotopic (exact) mass is 347 g/mol. The lowest BCUT2D eigenvalue weighted by molar-refractivity contribution is -0.145. The molecule has 2 rings (SSSR count). The van der Waals surface area contributed by atoms with Crippen LogP contribution in [0.15, 0.2) is 18.3 Å². The van der Waals surface area contributed by atoms with Gasteiger partial charge < -0.3 is 14.9 Å². The summed E-state index contributed by atoms with van der Waals surface area (Å²) in [6.07, 6.45) is 4.10. The second-order valence-electron chi connectivity index (χ2n) is 6.49. The minimum absolute atomic E-state index is 0.0407. The first-order valence-corrected chi connectivity index (χ1v) is 8.55. The van der Waals surface area contributed by atoms with Gasteiger partial charge in [0.2, 0.25) is 11.8 Å². The van der Waals surface area contributed by atoms with Gasteiger partial charge in [0, 0.05) is 37.9 Å². The zero-order valence-corrected chi connectivity index (χ0v) is 14.8. The number of carbonyl (C=O) groups is 3. The maximum absolute atomic E-state index is 12.5. The molecule has 1 aliphatic heterocycles. The Labute approximate surface area is 147 Å². The summed E-state index contributed by atoms with van der Waals surface area (Å²) >= 11 is 0. The number of likely N-dealkylation sites (tertiary alicyclic amines) is 1. The van der Waals surface area contributed by atoms with Crippen LogP contribution in [0.4, 0.5) is 0 Å². The Morgan fingerprint density at radius 3 is 2.64 bits per heavy atom. The molecule has 1 aromatic rings. The van der Waals surface area contributed by atoms with Gasteiger partial charge in [-0.2, -0.15) is 0 Å². The number of carboxylic acid groups (broad SMARTS) is 1. The lowest BCUT2D eigenvalue weighted by atomic mass is 10.1. The number of carbonyl (C=O) groups excluding carboxylic acids is 2. The number of pyridine rings is 1. The maximum Gasteiger partial charge on any atom is 0.323 e. The summed E-state index contributed by atoms with van der Waals surface area (Å²) in [4.78, 5) is 42.7. The summed E-state index contributed by atoms with van der Waals surface area (Å²) < 4.78 is 0. The Balaban J connectivity index is 1.95. The Bertz CT molecular complexity index is 630. The van der Waals surface area contributed by atoms with Crippen molar-refractivity contribution in [3.05, 3.63) is 29.6 Å². The van der Waals surface area contributed by atoms with Gasteiger partial charge in [-0.15, -0.1) is 0 Å². The van der Waals surface area contributed by atoms with Crippen molar-refractivity contribution in [1.29, 1.82) is 0 Å². The molecule has 1 N–H and O–H groups in total. The van der Waals surface area contributed by atoms with E-state index in [1.807, 2.05) is 19.1 Å². The molecule has 2 heterocycles. The molecule has 0 aromatic carbocycles. The van der Waals surface area contributed by atoms with Crippen LogP contribution in [0.25, 0.3) is 0 Å². The highest BCUT2D eigenvalue weighted by Gasteiger charge is 2.27. The molecule has 25 heavy (non-hydrogen) atoms. The van der Waals surface area contributed by atoms with Crippen LogP contribution < -0.4 is 0 Å². The summed E-state index contributed by atoms with van der Waals surface area (Å²) in [6, 6.07) is 3.66. The number of aromatic nitrogens is 1. The van der Waals surface area contributed by atoms with Crippen LogP contribution in [0.3, 0.4) is 0 Å². The third kappa shape index (κ3) is 5.55. The summed E-state index contributed by atoms with van der Waals surface area (Å²) in [6.45, 7) is 4.17. The highest BCUT2D eigenvalue weighted by molar-refractivity contribution is 5.80. The van der Waals surface area contributed by atoms with Crippen molar-refractivity contribution in [3.8, 4) is 0 Å². The molecule has 0 aliphatic carbocycles. The molecule has 1 aliphatic rings. The first-order chi connectivity index (χ1) is 11.9. The summed E-state index contributed by atoms with van der Waals surface area (Å²) in [5.74, 6) is -1.21. The summed E-state index contributed by atoms with van der Waals surface area (Å²) in [5.41, 5.74) is 1.80. The van der Waals surface area contributed by atoms with Gasteiger partial charge >= 0.3 is 5.97 Å². The Morgan fingerprint density at radius 1 is 1.28 bits per heavy atom. The predicted molar refractivity (Wildman–Crippen MR) is 91.9 cm³/mol. The highest BCUT2D eigenvalue weighted by Crippen LogP contribution is 2.18. The quantitative estimate of drug-likeness (QED) is 0.865. The minimum atomic E-state index is -1.01. The van der Waals surface area contributed by atoms with Gasteiger partial charge in [-0.05, 0) is 37.8 Å². The standard InChI is InChI=1S/C18H25N3O4/c1-13-5-6-15(11-19-13)10-17(23)20-8-3-4-16(7-9-20)21(14(2)22)12-18(24)25/h5-6,11,16H,3-4,7-10,12H2,1-2H3,(H,24,25). The molecule has 2 amide bonds. The smallest absolute Gasteiger partial charge is 0.323 e. The van der Waals surface area contributed by atoms with Crippen LogP contribution in [0.2, 0.25) is 0 Å². The van der Waals surface area contributed by atoms with Gasteiger partial charge in [0.15, 0.2) is 0 Å². The topological polar surface area (TPSA) is 90.8 Å². The zero-order valence-electron chi connectivity index (χ0n) is 14.8. The average molecular weight is 347 g/mol. The van der Waals surface area contributed by atoms with Gasteiger partial charge in [-0.25, -0.2) is 0 Å². The number of carboxylic acids is 1. The molecule has 136 valence electrons. The number of nitrogens with zero attached hydrogens (tertiary/aromatic N) is 3. The second-order valence-corrected chi connectivity index (χ2v) is 6.49. The maximum atomic E-state index is 12.5. The van der Waals surface area contributed by atoms with E-state index in [2.05, 4.69) is 4.98 Å². The second kappa shape index (κ2) is 8.60. The van der Waals surface area contributed by atoms with Crippen LogP contribution in [0.1, 0.15) is 37.4 Å². The summed E-state index contributed by atoms with van der Waals surface area (Å²) in [5, 5.41) is 8.99. The van der Waals surface area contributed by atoms with Crippen LogP contribution in [-0.4, -0.2) is 63.4 Å². The van der Waals surface area contributed by atoms with E-state index in [1.165, 1.54) is 11.8 Å². The highest BCUT2D eigenvalue weighted by atomic mass is 16.4. The lowest BCUT2D eigenvalue weighted by Gasteiger charge is -2.28. The first-order valence-electron chi connectivity index (χ1n) is 8.55. The van der Waals surface area contributed by atoms with E-state index in [4.69, 9.17) is 5.11 Å². The lowest BCUT2D eigenvalue weighted by Crippen LogP contribution is -2.43. The van der Waals surface area contributed by atoms with Gasteiger partial charge in [0.05, 0.1) is 6.42 Å². The van der Waals surface area contributed by atoms with Crippen molar-refractivity contribution in [2.75, 3.05) is 19.6 Å². The Kier molecular flexibility index (Phi) is 6.50. The molecule has 0 spiro atoms. The predicted octanol–water partition coefficient (Wildman–Crippen LogP) is 1.25. The van der Waals surface area contributed by atoms with E-state index in [9.17, 15) is 14.4 Å². The fourth-order valence-corrected chi connectivity index (χ4v) is 3.17. The van der Waals surface area contributed by atoms with Crippen molar-refractivity contribution in [3.63, 3.8) is 0 Å². The Hall–Kier alpha value is -2.44. The van der Waals surface area contributed by atoms with Crippen LogP contribution in [0.5, 0.6) is 0 Å². The van der Waals surface area contributed by atoms with Gasteiger partial charge in [-0.1, -0.05) is 6.07 Å². The summed E-state index contributed by atoms with van der Waals surface area (Å²) in [7, 11) is 0. The SMILES string of the molecule is CC(=O)N(CC(=O)O)C1CCCN(C(=O)Cc2ccc(C)nc2)CC1. The van der Waals surface area contributed by atoms with Crippen LogP contribution in [0, 0.1) is 6.92 Å². The number of rotatable bonds is 5. The average Bonchev–Trinajstić information content (AvgIpc) is 2.80. The third-order valence-corrected chi connectivity index (χ3v) is 4.53. The fourth-order valence-electron chi connectivity index (χ4n) is 3.17. The van der Waals surface area contributed by atoms with E-state index in [1.54, 1.807) is 11.1 Å². The molecular formula is C18H25N3O4. The molecule has 1 unspecified atom stereocenters. The van der Waals surface area contributed by atoms with Crippen LogP contribution in [-0.2, 0) is 20.8 Å². The number of hydrogen-bond donors (Lipinski definition) is 1. The van der Waals surface area contributed by atoms with Crippen molar-refractivity contribution >= 4 is 17.8 Å². The van der Waals surface area contributed by atoms with E-state index >= 15 is 0 Å². The normalized spacial score (nSPS) is 17.7. The number of aliphatic carboxylic acids is 1. The number of amides is 2. The van der Waals surface area contributed by atoms with E-state index < -0.39 is 5.97 Å². The molecular weight excluding hydrogens is 322 g/mol. The van der Waals surface area contributed by atoms with Gasteiger partial charge in [0.1, 0.15) is 6.54 Å². The largest absolute Gasteiger partial charge is 0.480 e. The van der Waals surface area contributed by atoms with Gasteiger partial charge in [0.25, 0.3) is 0 Å². The molecule has 0 radical (unpaired) electrons. The third-order valence-electron chi connectivity index (χ3n) is 4.53. The molecule has 7 heteroatoms. The molecule has 7 nitrogen and oxygen atoms in total. The fraction of sp³-hybridized carbons (Fsp3) is 0.556. The molecule has 0 saturated carbocycles. The van der Waals surface area contributed by atoms with E-state index in [0.29, 0.717) is 32.4 Å². The zero-order chi connectivity index (χ0) is 18.4. The van der Waals surface area contributed by atoms with Crippen LogP contribution >= 0.6 is 0 Å². The number of aryl methyl sites for hydroxylation is 1. The molecule has 1 saturated heterocycles. The van der Waals surface area contributed by atoms with Gasteiger partial charge in [-0.3, -0.25) is 19.4 Å². The van der Waals surface area contributed by atoms with E-state index in [-0.39, 0.29) is 24.4 Å². The molecule has 1 fully saturated rings. The van der Waals surface area contributed by atoms with Crippen molar-refractivity contribution in [2.24, 2.45) is 0 Å². The van der Waals surface area contributed by atoms with Crippen molar-refractivity contribution in [1.82, 2.24) is 14.8 Å². The number of hydrogen-bond acceptors (Lipinski definition) is 4. The minimum Gasteiger partial charge on any atom is -0.480 e. The molecule has 1 atom stereocenters. The molecule has 0 bridgehead atoms. The van der Waals surface area contributed by atoms with E-state index in [0.717, 1.165) is 17.7 Å².